The van der Waals surface area contributed by atoms with Crippen LogP contribution in [0.1, 0.15) is 25.2 Å². The molecule has 0 aliphatic rings. The Kier molecular flexibility index (Phi) is 3.98. The fraction of sp³-hybridized carbons (Fsp3) is 0.294. The number of fused-ring (bicyclic) bond motifs is 1. The van der Waals surface area contributed by atoms with Gasteiger partial charge in [0.25, 0.3) is 0 Å². The number of carbonyl (C=O) groups excluding carboxylic acids is 1. The monoisotopic (exact) mass is 314 g/mol. The SMILES string of the molecule is Cc1cccc2sc(N(Cc3ccco3)C(=O)C(C)C)nc12. The molecule has 0 radical (unpaired) electrons. The molecular weight excluding hydrogens is 296 g/mol. The van der Waals surface area contributed by atoms with Crippen molar-refractivity contribution in [3.8, 4) is 0 Å². The molecule has 4 nitrogen and oxygen atoms in total. The van der Waals surface area contributed by atoms with Gasteiger partial charge in [-0.15, -0.1) is 0 Å². The normalized spacial score (nSPS) is 11.3. The zero-order chi connectivity index (χ0) is 15.7. The molecule has 0 aliphatic carbocycles. The maximum absolute atomic E-state index is 12.6. The number of furan rings is 1. The summed E-state index contributed by atoms with van der Waals surface area (Å²) in [5.74, 6) is 0.709. The highest BCUT2D eigenvalue weighted by Gasteiger charge is 2.23. The Labute approximate surface area is 133 Å². The molecule has 0 unspecified atom stereocenters. The van der Waals surface area contributed by atoms with Crippen molar-refractivity contribution in [3.63, 3.8) is 0 Å². The quantitative estimate of drug-likeness (QED) is 0.717. The third-order valence-electron chi connectivity index (χ3n) is 3.49. The Morgan fingerprint density at radius 2 is 2.14 bits per heavy atom. The van der Waals surface area contributed by atoms with E-state index in [-0.39, 0.29) is 11.8 Å². The molecule has 22 heavy (non-hydrogen) atoms. The van der Waals surface area contributed by atoms with E-state index in [1.807, 2.05) is 51.1 Å². The van der Waals surface area contributed by atoms with E-state index in [2.05, 4.69) is 4.98 Å². The molecular formula is C17H18N2O2S. The lowest BCUT2D eigenvalue weighted by Gasteiger charge is -2.20. The van der Waals surface area contributed by atoms with E-state index >= 15 is 0 Å². The number of nitrogens with zero attached hydrogens (tertiary/aromatic N) is 2. The van der Waals surface area contributed by atoms with E-state index in [1.54, 1.807) is 11.2 Å². The van der Waals surface area contributed by atoms with E-state index in [4.69, 9.17) is 4.42 Å². The minimum atomic E-state index is -0.0944. The summed E-state index contributed by atoms with van der Waals surface area (Å²) in [6.45, 7) is 6.24. The van der Waals surface area contributed by atoms with Crippen LogP contribution in [0.5, 0.6) is 0 Å². The molecule has 1 aromatic carbocycles. The van der Waals surface area contributed by atoms with E-state index in [1.165, 1.54) is 11.3 Å². The van der Waals surface area contributed by atoms with Crippen LogP contribution in [-0.2, 0) is 11.3 Å². The van der Waals surface area contributed by atoms with Gasteiger partial charge in [0.15, 0.2) is 5.13 Å². The molecule has 0 N–H and O–H groups in total. The molecule has 0 aliphatic heterocycles. The molecule has 2 heterocycles. The third-order valence-corrected chi connectivity index (χ3v) is 4.54. The van der Waals surface area contributed by atoms with E-state index in [0.717, 1.165) is 26.7 Å². The van der Waals surface area contributed by atoms with Crippen molar-refractivity contribution in [1.82, 2.24) is 4.98 Å². The first kappa shape index (κ1) is 14.8. The second kappa shape index (κ2) is 5.93. The smallest absolute Gasteiger partial charge is 0.231 e. The van der Waals surface area contributed by atoms with Crippen molar-refractivity contribution in [2.75, 3.05) is 4.90 Å². The lowest BCUT2D eigenvalue weighted by atomic mass is 10.2. The summed E-state index contributed by atoms with van der Waals surface area (Å²) in [4.78, 5) is 19.0. The van der Waals surface area contributed by atoms with Crippen LogP contribution in [0.25, 0.3) is 10.2 Å². The first-order valence-corrected chi connectivity index (χ1v) is 8.08. The van der Waals surface area contributed by atoms with Crippen molar-refractivity contribution in [2.24, 2.45) is 5.92 Å². The maximum Gasteiger partial charge on any atom is 0.231 e. The van der Waals surface area contributed by atoms with Crippen LogP contribution in [0, 0.1) is 12.8 Å². The van der Waals surface area contributed by atoms with Crippen LogP contribution < -0.4 is 4.90 Å². The lowest BCUT2D eigenvalue weighted by Crippen LogP contribution is -2.33. The highest BCUT2D eigenvalue weighted by Crippen LogP contribution is 2.32. The Bertz CT molecular complexity index is 790. The highest BCUT2D eigenvalue weighted by molar-refractivity contribution is 7.22. The summed E-state index contributed by atoms with van der Waals surface area (Å²) in [7, 11) is 0. The van der Waals surface area contributed by atoms with Gasteiger partial charge in [0.05, 0.1) is 23.0 Å². The van der Waals surface area contributed by atoms with Gasteiger partial charge in [-0.05, 0) is 30.7 Å². The van der Waals surface area contributed by atoms with Gasteiger partial charge in [-0.3, -0.25) is 9.69 Å². The summed E-state index contributed by atoms with van der Waals surface area (Å²) in [6.07, 6.45) is 1.62. The molecule has 0 bridgehead atoms. The minimum absolute atomic E-state index is 0.0492. The van der Waals surface area contributed by atoms with Gasteiger partial charge in [-0.25, -0.2) is 4.98 Å². The number of benzene rings is 1. The van der Waals surface area contributed by atoms with Crippen LogP contribution in [-0.4, -0.2) is 10.9 Å². The lowest BCUT2D eigenvalue weighted by molar-refractivity contribution is -0.121. The van der Waals surface area contributed by atoms with Gasteiger partial charge < -0.3 is 4.42 Å². The van der Waals surface area contributed by atoms with Gasteiger partial charge >= 0.3 is 0 Å². The zero-order valence-corrected chi connectivity index (χ0v) is 13.7. The highest BCUT2D eigenvalue weighted by atomic mass is 32.1. The molecule has 0 saturated heterocycles. The fourth-order valence-electron chi connectivity index (χ4n) is 2.30. The molecule has 0 fully saturated rings. The van der Waals surface area contributed by atoms with Crippen LogP contribution in [0.15, 0.2) is 41.0 Å². The Morgan fingerprint density at radius 3 is 2.77 bits per heavy atom. The summed E-state index contributed by atoms with van der Waals surface area (Å²) >= 11 is 1.54. The van der Waals surface area contributed by atoms with Gasteiger partial charge in [-0.2, -0.15) is 0 Å². The second-order valence-corrected chi connectivity index (χ2v) is 6.59. The topological polar surface area (TPSA) is 46.3 Å². The largest absolute Gasteiger partial charge is 0.467 e. The van der Waals surface area contributed by atoms with Gasteiger partial charge in [0.1, 0.15) is 5.76 Å². The molecule has 1 amide bonds. The molecule has 3 rings (SSSR count). The number of hydrogen-bond donors (Lipinski definition) is 0. The van der Waals surface area contributed by atoms with Crippen LogP contribution in [0.2, 0.25) is 0 Å². The number of thiazole rings is 1. The Balaban J connectivity index is 2.03. The first-order valence-electron chi connectivity index (χ1n) is 7.26. The number of aryl methyl sites for hydroxylation is 1. The zero-order valence-electron chi connectivity index (χ0n) is 12.9. The number of carbonyl (C=O) groups is 1. The fourth-order valence-corrected chi connectivity index (χ4v) is 3.35. The van der Waals surface area contributed by atoms with Gasteiger partial charge in [0, 0.05) is 5.92 Å². The molecule has 3 aromatic rings. The van der Waals surface area contributed by atoms with Gasteiger partial charge in [0.2, 0.25) is 5.91 Å². The number of hydrogen-bond acceptors (Lipinski definition) is 4. The van der Waals surface area contributed by atoms with Crippen LogP contribution in [0.4, 0.5) is 5.13 Å². The molecule has 2 aromatic heterocycles. The number of amides is 1. The summed E-state index contributed by atoms with van der Waals surface area (Å²) in [5.41, 5.74) is 2.08. The van der Waals surface area contributed by atoms with Crippen molar-refractivity contribution in [1.29, 1.82) is 0 Å². The van der Waals surface area contributed by atoms with Crippen molar-refractivity contribution < 1.29 is 9.21 Å². The number of anilines is 1. The van der Waals surface area contributed by atoms with Crippen molar-refractivity contribution in [3.05, 3.63) is 47.9 Å². The summed E-state index contributed by atoms with van der Waals surface area (Å²) in [6, 6.07) is 9.79. The average Bonchev–Trinajstić information content (AvgIpc) is 3.13. The van der Waals surface area contributed by atoms with Crippen molar-refractivity contribution in [2.45, 2.75) is 27.3 Å². The predicted molar refractivity (Wildman–Crippen MR) is 89.1 cm³/mol. The Morgan fingerprint density at radius 1 is 1.32 bits per heavy atom. The van der Waals surface area contributed by atoms with Crippen molar-refractivity contribution >= 4 is 32.6 Å². The molecule has 5 heteroatoms. The number of aromatic nitrogens is 1. The number of rotatable bonds is 4. The standard InChI is InChI=1S/C17H18N2O2S/c1-11(2)16(20)19(10-13-7-5-9-21-13)17-18-15-12(3)6-4-8-14(15)22-17/h4-9,11H,10H2,1-3H3. The van der Waals surface area contributed by atoms with E-state index in [0.29, 0.717) is 6.54 Å². The van der Waals surface area contributed by atoms with Crippen LogP contribution in [0.3, 0.4) is 0 Å². The first-order chi connectivity index (χ1) is 10.6. The average molecular weight is 314 g/mol. The molecule has 0 saturated carbocycles. The van der Waals surface area contributed by atoms with E-state index < -0.39 is 0 Å². The summed E-state index contributed by atoms with van der Waals surface area (Å²) < 4.78 is 6.49. The Hall–Kier alpha value is -2.14. The molecule has 0 spiro atoms. The predicted octanol–water partition coefficient (Wildman–Crippen LogP) is 4.39. The van der Waals surface area contributed by atoms with Gasteiger partial charge in [-0.1, -0.05) is 37.3 Å². The second-order valence-electron chi connectivity index (χ2n) is 5.58. The number of para-hydroxylation sites is 1. The minimum Gasteiger partial charge on any atom is -0.467 e. The van der Waals surface area contributed by atoms with Crippen LogP contribution >= 0.6 is 11.3 Å². The maximum atomic E-state index is 12.6. The molecule has 0 atom stereocenters. The molecule has 114 valence electrons. The summed E-state index contributed by atoms with van der Waals surface area (Å²) in [5, 5.41) is 0.722. The third kappa shape index (κ3) is 2.76. The van der Waals surface area contributed by atoms with E-state index in [9.17, 15) is 4.79 Å².